The number of benzene rings is 1. The van der Waals surface area contributed by atoms with E-state index >= 15 is 0 Å². The van der Waals surface area contributed by atoms with Gasteiger partial charge in [0.15, 0.2) is 11.5 Å². The lowest BCUT2D eigenvalue weighted by atomic mass is 10.1. The Morgan fingerprint density at radius 3 is 2.82 bits per heavy atom. The molecule has 3 heterocycles. The highest BCUT2D eigenvalue weighted by atomic mass is 35.5. The van der Waals surface area contributed by atoms with Gasteiger partial charge in [-0.1, -0.05) is 23.2 Å². The van der Waals surface area contributed by atoms with Gasteiger partial charge in [0.05, 0.1) is 10.7 Å². The van der Waals surface area contributed by atoms with E-state index in [2.05, 4.69) is 20.6 Å². The molecule has 1 fully saturated rings. The maximum Gasteiger partial charge on any atom is 0.177 e. The summed E-state index contributed by atoms with van der Waals surface area (Å²) in [5.74, 6) is 1.24. The third-order valence-corrected chi connectivity index (χ3v) is 4.47. The van der Waals surface area contributed by atoms with Crippen molar-refractivity contribution in [1.82, 2.24) is 25.1 Å². The fraction of sp³-hybridized carbons (Fsp3) is 0.267. The average Bonchev–Trinajstić information content (AvgIpc) is 3.15. The van der Waals surface area contributed by atoms with Gasteiger partial charge in [0.1, 0.15) is 0 Å². The second-order valence-corrected chi connectivity index (χ2v) is 6.20. The number of aromatic nitrogens is 4. The largest absolute Gasteiger partial charge is 0.316 e. The summed E-state index contributed by atoms with van der Waals surface area (Å²) in [7, 11) is 0. The molecule has 2 aromatic heterocycles. The SMILES string of the molecule is Clc1ccc(-c2ccc3nnc([C@@H]4CCNC4)n3n2)c(Cl)c1. The number of fused-ring (bicyclic) bond motifs is 1. The van der Waals surface area contributed by atoms with Crippen LogP contribution in [-0.2, 0) is 0 Å². The van der Waals surface area contributed by atoms with Gasteiger partial charge in [-0.2, -0.15) is 9.61 Å². The molecule has 0 unspecified atom stereocenters. The Morgan fingerprint density at radius 1 is 1.14 bits per heavy atom. The summed E-state index contributed by atoms with van der Waals surface area (Å²) in [6, 6.07) is 9.21. The van der Waals surface area contributed by atoms with Crippen molar-refractivity contribution in [2.24, 2.45) is 0 Å². The predicted octanol–water partition coefficient (Wildman–Crippen LogP) is 3.18. The molecule has 22 heavy (non-hydrogen) atoms. The van der Waals surface area contributed by atoms with E-state index in [0.29, 0.717) is 16.0 Å². The number of halogens is 2. The molecule has 0 radical (unpaired) electrons. The van der Waals surface area contributed by atoms with Crippen molar-refractivity contribution in [3.05, 3.63) is 46.2 Å². The first-order valence-electron chi connectivity index (χ1n) is 7.11. The van der Waals surface area contributed by atoms with Crippen molar-refractivity contribution >= 4 is 28.8 Å². The molecule has 1 N–H and O–H groups in total. The Hall–Kier alpha value is -1.69. The van der Waals surface area contributed by atoms with E-state index in [4.69, 9.17) is 23.2 Å². The van der Waals surface area contributed by atoms with E-state index in [0.717, 1.165) is 42.2 Å². The smallest absolute Gasteiger partial charge is 0.177 e. The maximum absolute atomic E-state index is 6.28. The van der Waals surface area contributed by atoms with E-state index < -0.39 is 0 Å². The summed E-state index contributed by atoms with van der Waals surface area (Å²) in [6.07, 6.45) is 1.05. The Labute approximate surface area is 137 Å². The minimum atomic E-state index is 0.346. The molecule has 7 heteroatoms. The summed E-state index contributed by atoms with van der Waals surface area (Å²) >= 11 is 12.2. The predicted molar refractivity (Wildman–Crippen MR) is 86.5 cm³/mol. The van der Waals surface area contributed by atoms with E-state index in [1.54, 1.807) is 6.07 Å². The third kappa shape index (κ3) is 2.35. The van der Waals surface area contributed by atoms with Crippen LogP contribution in [0.2, 0.25) is 10.0 Å². The average molecular weight is 334 g/mol. The lowest BCUT2D eigenvalue weighted by molar-refractivity contribution is 0.668. The van der Waals surface area contributed by atoms with Crippen LogP contribution in [0, 0.1) is 0 Å². The fourth-order valence-electron chi connectivity index (χ4n) is 2.78. The monoisotopic (exact) mass is 333 g/mol. The van der Waals surface area contributed by atoms with Crippen molar-refractivity contribution in [3.63, 3.8) is 0 Å². The number of rotatable bonds is 2. The van der Waals surface area contributed by atoms with Crippen LogP contribution in [0.15, 0.2) is 30.3 Å². The van der Waals surface area contributed by atoms with Crippen LogP contribution in [0.4, 0.5) is 0 Å². The Balaban J connectivity index is 1.83. The molecule has 4 rings (SSSR count). The van der Waals surface area contributed by atoms with E-state index in [1.165, 1.54) is 0 Å². The summed E-state index contributed by atoms with van der Waals surface area (Å²) in [5.41, 5.74) is 2.37. The molecule has 1 aliphatic heterocycles. The van der Waals surface area contributed by atoms with Gasteiger partial charge in [-0.15, -0.1) is 10.2 Å². The molecule has 1 saturated heterocycles. The quantitative estimate of drug-likeness (QED) is 0.782. The molecule has 0 amide bonds. The molecule has 1 aliphatic rings. The van der Waals surface area contributed by atoms with Crippen LogP contribution >= 0.6 is 23.2 Å². The van der Waals surface area contributed by atoms with Crippen molar-refractivity contribution < 1.29 is 0 Å². The molecule has 112 valence electrons. The fourth-order valence-corrected chi connectivity index (χ4v) is 3.28. The first kappa shape index (κ1) is 13.9. The number of nitrogens with one attached hydrogen (secondary N) is 1. The Bertz CT molecular complexity index is 839. The third-order valence-electron chi connectivity index (χ3n) is 3.92. The van der Waals surface area contributed by atoms with Gasteiger partial charge in [0.25, 0.3) is 0 Å². The first-order valence-corrected chi connectivity index (χ1v) is 7.86. The van der Waals surface area contributed by atoms with Crippen LogP contribution in [0.5, 0.6) is 0 Å². The molecular weight excluding hydrogens is 321 g/mol. The second-order valence-electron chi connectivity index (χ2n) is 5.36. The van der Waals surface area contributed by atoms with Gasteiger partial charge in [0.2, 0.25) is 0 Å². The van der Waals surface area contributed by atoms with E-state index in [1.807, 2.05) is 28.8 Å². The molecule has 1 atom stereocenters. The summed E-state index contributed by atoms with van der Waals surface area (Å²) in [4.78, 5) is 0. The van der Waals surface area contributed by atoms with Gasteiger partial charge >= 0.3 is 0 Å². The van der Waals surface area contributed by atoms with Crippen molar-refractivity contribution in [1.29, 1.82) is 0 Å². The molecule has 5 nitrogen and oxygen atoms in total. The van der Waals surface area contributed by atoms with E-state index in [-0.39, 0.29) is 0 Å². The minimum Gasteiger partial charge on any atom is -0.316 e. The lowest BCUT2D eigenvalue weighted by Crippen LogP contribution is -2.11. The van der Waals surface area contributed by atoms with Gasteiger partial charge in [-0.05, 0) is 43.3 Å². The number of hydrogen-bond acceptors (Lipinski definition) is 4. The zero-order valence-corrected chi connectivity index (χ0v) is 13.1. The maximum atomic E-state index is 6.28. The van der Waals surface area contributed by atoms with Crippen LogP contribution in [0.1, 0.15) is 18.2 Å². The Kier molecular flexibility index (Phi) is 3.48. The Morgan fingerprint density at radius 2 is 2.05 bits per heavy atom. The molecule has 1 aromatic carbocycles. The van der Waals surface area contributed by atoms with E-state index in [9.17, 15) is 0 Å². The summed E-state index contributed by atoms with van der Waals surface area (Å²) in [6.45, 7) is 1.91. The summed E-state index contributed by atoms with van der Waals surface area (Å²) < 4.78 is 1.82. The molecule has 0 saturated carbocycles. The van der Waals surface area contributed by atoms with Crippen molar-refractivity contribution in [3.8, 4) is 11.3 Å². The minimum absolute atomic E-state index is 0.346. The van der Waals surface area contributed by atoms with Crippen molar-refractivity contribution in [2.75, 3.05) is 13.1 Å². The lowest BCUT2D eigenvalue weighted by Gasteiger charge is -2.08. The molecule has 0 spiro atoms. The summed E-state index contributed by atoms with van der Waals surface area (Å²) in [5, 5.41) is 17.7. The van der Waals surface area contributed by atoms with Crippen molar-refractivity contribution in [2.45, 2.75) is 12.3 Å². The first-order chi connectivity index (χ1) is 10.7. The van der Waals surface area contributed by atoms with Gasteiger partial charge in [0, 0.05) is 23.0 Å². The molecule has 3 aromatic rings. The topological polar surface area (TPSA) is 55.1 Å². The highest BCUT2D eigenvalue weighted by Gasteiger charge is 2.23. The highest BCUT2D eigenvalue weighted by molar-refractivity contribution is 6.36. The number of nitrogens with zero attached hydrogens (tertiary/aromatic N) is 4. The van der Waals surface area contributed by atoms with Gasteiger partial charge < -0.3 is 5.32 Å². The molecular formula is C15H13Cl2N5. The second kappa shape index (κ2) is 5.50. The van der Waals surface area contributed by atoms with Crippen LogP contribution in [-0.4, -0.2) is 32.9 Å². The number of hydrogen-bond donors (Lipinski definition) is 1. The molecule has 0 bridgehead atoms. The zero-order valence-electron chi connectivity index (χ0n) is 11.6. The highest BCUT2D eigenvalue weighted by Crippen LogP contribution is 2.29. The normalized spacial score (nSPS) is 18.2. The van der Waals surface area contributed by atoms with Crippen LogP contribution in [0.3, 0.4) is 0 Å². The van der Waals surface area contributed by atoms with Gasteiger partial charge in [-0.25, -0.2) is 0 Å². The zero-order chi connectivity index (χ0) is 15.1. The van der Waals surface area contributed by atoms with Crippen LogP contribution < -0.4 is 5.32 Å². The molecule has 0 aliphatic carbocycles. The van der Waals surface area contributed by atoms with Crippen LogP contribution in [0.25, 0.3) is 16.9 Å². The van der Waals surface area contributed by atoms with Gasteiger partial charge in [-0.3, -0.25) is 0 Å². The standard InChI is InChI=1S/C15H13Cl2N5/c16-10-1-2-11(12(17)7-10)13-3-4-14-19-20-15(22(14)21-13)9-5-6-18-8-9/h1-4,7,9,18H,5-6,8H2/t9-/m1/s1.